The fourth-order valence-corrected chi connectivity index (χ4v) is 3.57. The minimum atomic E-state index is -4.80. The monoisotopic (exact) mass is 438 g/mol. The predicted octanol–water partition coefficient (Wildman–Crippen LogP) is 6.29. The Morgan fingerprint density at radius 2 is 1.53 bits per heavy atom. The molecule has 1 atom stereocenters. The lowest BCUT2D eigenvalue weighted by molar-refractivity contribution is -0.274. The van der Waals surface area contributed by atoms with Crippen LogP contribution in [0.2, 0.25) is 0 Å². The summed E-state index contributed by atoms with van der Waals surface area (Å²) in [5, 5.41) is 3.14. The van der Waals surface area contributed by atoms with Gasteiger partial charge in [0.05, 0.1) is 6.04 Å². The van der Waals surface area contributed by atoms with E-state index in [1.165, 1.54) is 18.2 Å². The number of halogens is 3. The first-order valence-corrected chi connectivity index (χ1v) is 10.0. The van der Waals surface area contributed by atoms with Crippen LogP contribution in [0.4, 0.5) is 24.5 Å². The van der Waals surface area contributed by atoms with Gasteiger partial charge in [0.25, 0.3) is 5.91 Å². The minimum absolute atomic E-state index is 0.276. The van der Waals surface area contributed by atoms with Crippen molar-refractivity contribution >= 4 is 17.3 Å². The number of anilines is 2. The van der Waals surface area contributed by atoms with Crippen molar-refractivity contribution in [1.29, 1.82) is 0 Å². The molecule has 32 heavy (non-hydrogen) atoms. The number of alkyl halides is 3. The zero-order chi connectivity index (χ0) is 22.9. The first-order chi connectivity index (χ1) is 15.2. The number of rotatable bonds is 5. The molecule has 1 aliphatic heterocycles. The second kappa shape index (κ2) is 8.42. The predicted molar refractivity (Wildman–Crippen MR) is 117 cm³/mol. The van der Waals surface area contributed by atoms with Crippen molar-refractivity contribution in [3.63, 3.8) is 0 Å². The van der Waals surface area contributed by atoms with Crippen LogP contribution >= 0.6 is 0 Å². The Bertz CT molecular complexity index is 1150. The van der Waals surface area contributed by atoms with Crippen LogP contribution in [0, 0.1) is 13.8 Å². The van der Waals surface area contributed by atoms with Crippen LogP contribution in [-0.4, -0.2) is 12.3 Å². The van der Waals surface area contributed by atoms with Gasteiger partial charge >= 0.3 is 6.36 Å². The van der Waals surface area contributed by atoms with Crippen LogP contribution in [0.3, 0.4) is 0 Å². The number of carbonyl (C=O) groups is 1. The molecule has 1 heterocycles. The molecule has 4 rings (SSSR count). The van der Waals surface area contributed by atoms with Gasteiger partial charge in [0.2, 0.25) is 0 Å². The normalized spacial score (nSPS) is 16.2. The van der Waals surface area contributed by atoms with Gasteiger partial charge in [-0.2, -0.15) is 0 Å². The highest BCUT2D eigenvalue weighted by molar-refractivity contribution is 6.11. The average molecular weight is 438 g/mol. The van der Waals surface area contributed by atoms with Gasteiger partial charge in [-0.3, -0.25) is 9.69 Å². The van der Waals surface area contributed by atoms with Crippen molar-refractivity contribution in [3.8, 4) is 5.75 Å². The van der Waals surface area contributed by atoms with E-state index in [4.69, 9.17) is 0 Å². The van der Waals surface area contributed by atoms with Crippen LogP contribution in [0.1, 0.15) is 22.7 Å². The van der Waals surface area contributed by atoms with Gasteiger partial charge < -0.3 is 10.1 Å². The molecule has 1 aliphatic rings. The topological polar surface area (TPSA) is 41.6 Å². The summed E-state index contributed by atoms with van der Waals surface area (Å²) in [6.07, 6.45) is -3.08. The third-order valence-electron chi connectivity index (χ3n) is 5.13. The molecule has 3 aromatic carbocycles. The first kappa shape index (κ1) is 21.5. The second-order valence-electron chi connectivity index (χ2n) is 7.65. The van der Waals surface area contributed by atoms with Gasteiger partial charge in [-0.25, -0.2) is 0 Å². The third-order valence-corrected chi connectivity index (χ3v) is 5.13. The Hall–Kier alpha value is -3.74. The molecule has 164 valence electrons. The number of carbonyl (C=O) groups excluding carboxylic acids is 1. The molecule has 4 nitrogen and oxygen atoms in total. The number of aryl methyl sites for hydroxylation is 2. The smallest absolute Gasteiger partial charge is 0.406 e. The number of hydrogen-bond acceptors (Lipinski definition) is 3. The molecule has 1 amide bonds. The first-order valence-electron chi connectivity index (χ1n) is 10.0. The van der Waals surface area contributed by atoms with Crippen molar-refractivity contribution in [2.75, 3.05) is 10.2 Å². The molecular formula is C25H21F3N2O2. The molecule has 0 spiro atoms. The molecule has 0 bridgehead atoms. The summed E-state index contributed by atoms with van der Waals surface area (Å²) in [4.78, 5) is 14.9. The number of amides is 1. The molecule has 0 saturated carbocycles. The van der Waals surface area contributed by atoms with Crippen molar-refractivity contribution < 1.29 is 22.7 Å². The summed E-state index contributed by atoms with van der Waals surface area (Å²) in [5.41, 5.74) is 4.35. The average Bonchev–Trinajstić information content (AvgIpc) is 3.05. The largest absolute Gasteiger partial charge is 0.573 e. The van der Waals surface area contributed by atoms with Crippen LogP contribution in [-0.2, 0) is 4.79 Å². The molecule has 3 aromatic rings. The summed E-state index contributed by atoms with van der Waals surface area (Å²) in [6.45, 7) is 3.91. The molecule has 0 aromatic heterocycles. The van der Waals surface area contributed by atoms with E-state index in [0.717, 1.165) is 16.8 Å². The Labute approximate surface area is 183 Å². The van der Waals surface area contributed by atoms with E-state index < -0.39 is 12.4 Å². The summed E-state index contributed by atoms with van der Waals surface area (Å²) < 4.78 is 42.2. The molecule has 0 fully saturated rings. The minimum Gasteiger partial charge on any atom is -0.406 e. The molecule has 1 unspecified atom stereocenters. The number of nitrogens with zero attached hydrogens (tertiary/aromatic N) is 1. The standard InChI is InChI=1S/C25H21F3N2O2/c1-16-6-10-19(11-7-16)29-22-15-23(18-4-3-5-21(14-18)32-25(26,27)28)30(24(22)31)20-12-8-17(2)9-13-20/h3-15,23,29H,1-2H3. The van der Waals surface area contributed by atoms with Gasteiger partial charge in [-0.05, 0) is 61.9 Å². The molecule has 0 radical (unpaired) electrons. The van der Waals surface area contributed by atoms with Crippen molar-refractivity contribution in [2.24, 2.45) is 0 Å². The molecule has 0 aliphatic carbocycles. The van der Waals surface area contributed by atoms with E-state index in [2.05, 4.69) is 10.1 Å². The number of ether oxygens (including phenoxy) is 1. The SMILES string of the molecule is Cc1ccc(NC2=CC(c3cccc(OC(F)(F)F)c3)N(c3ccc(C)cc3)C2=O)cc1. The van der Waals surface area contributed by atoms with E-state index in [1.54, 1.807) is 17.0 Å². The second-order valence-corrected chi connectivity index (χ2v) is 7.65. The number of nitrogens with one attached hydrogen (secondary N) is 1. The summed E-state index contributed by atoms with van der Waals surface area (Å²) in [7, 11) is 0. The summed E-state index contributed by atoms with van der Waals surface area (Å²) >= 11 is 0. The van der Waals surface area contributed by atoms with Crippen LogP contribution < -0.4 is 15.0 Å². The maximum atomic E-state index is 13.3. The van der Waals surface area contributed by atoms with E-state index >= 15 is 0 Å². The van der Waals surface area contributed by atoms with E-state index in [9.17, 15) is 18.0 Å². The van der Waals surface area contributed by atoms with E-state index in [0.29, 0.717) is 16.9 Å². The van der Waals surface area contributed by atoms with Crippen molar-refractivity contribution in [3.05, 3.63) is 101 Å². The highest BCUT2D eigenvalue weighted by Gasteiger charge is 2.36. The quantitative estimate of drug-likeness (QED) is 0.509. The Kier molecular flexibility index (Phi) is 5.65. The van der Waals surface area contributed by atoms with Gasteiger partial charge in [-0.15, -0.1) is 13.2 Å². The lowest BCUT2D eigenvalue weighted by Gasteiger charge is -2.26. The molecule has 1 N–H and O–H groups in total. The van der Waals surface area contributed by atoms with Crippen molar-refractivity contribution in [2.45, 2.75) is 26.3 Å². The van der Waals surface area contributed by atoms with Crippen LogP contribution in [0.25, 0.3) is 0 Å². The van der Waals surface area contributed by atoms with Gasteiger partial charge in [0.1, 0.15) is 11.4 Å². The lowest BCUT2D eigenvalue weighted by Crippen LogP contribution is -2.30. The Morgan fingerprint density at radius 3 is 2.16 bits per heavy atom. The highest BCUT2D eigenvalue weighted by Crippen LogP contribution is 2.37. The maximum Gasteiger partial charge on any atom is 0.573 e. The molecule has 0 saturated heterocycles. The van der Waals surface area contributed by atoms with E-state index in [-0.39, 0.29) is 11.7 Å². The molecule has 7 heteroatoms. The Morgan fingerprint density at radius 1 is 0.906 bits per heavy atom. The van der Waals surface area contributed by atoms with Gasteiger partial charge in [0, 0.05) is 11.4 Å². The van der Waals surface area contributed by atoms with Crippen molar-refractivity contribution in [1.82, 2.24) is 0 Å². The number of benzene rings is 3. The van der Waals surface area contributed by atoms with E-state index in [1.807, 2.05) is 62.4 Å². The summed E-state index contributed by atoms with van der Waals surface area (Å²) in [5.74, 6) is -0.610. The zero-order valence-electron chi connectivity index (χ0n) is 17.5. The fourth-order valence-electron chi connectivity index (χ4n) is 3.57. The van der Waals surface area contributed by atoms with Gasteiger partial charge in [0.15, 0.2) is 0 Å². The number of hydrogen-bond donors (Lipinski definition) is 1. The maximum absolute atomic E-state index is 13.3. The zero-order valence-corrected chi connectivity index (χ0v) is 17.5. The Balaban J connectivity index is 1.72. The summed E-state index contributed by atoms with van der Waals surface area (Å²) in [6, 6.07) is 20.1. The third kappa shape index (κ3) is 4.77. The molecular weight excluding hydrogens is 417 g/mol. The van der Waals surface area contributed by atoms with Crippen LogP contribution in [0.5, 0.6) is 5.75 Å². The van der Waals surface area contributed by atoms with Crippen LogP contribution in [0.15, 0.2) is 84.6 Å². The van der Waals surface area contributed by atoms with Gasteiger partial charge in [-0.1, -0.05) is 47.5 Å². The fraction of sp³-hybridized carbons (Fsp3) is 0.160. The highest BCUT2D eigenvalue weighted by atomic mass is 19.4. The lowest BCUT2D eigenvalue weighted by atomic mass is 10.1.